The molecule has 0 aliphatic heterocycles. The van der Waals surface area contributed by atoms with Crippen LogP contribution in [0, 0.1) is 0 Å². The Morgan fingerprint density at radius 1 is 0.450 bits per heavy atom. The Balaban J connectivity index is 2.24. The molecule has 0 amide bonds. The molecule has 0 spiro atoms. The fraction of sp³-hybridized carbons (Fsp3) is 0.0526. The first-order valence-electron chi connectivity index (χ1n) is 6.85. The molecular weight excluding hydrogens is 350 g/mol. The quantitative estimate of drug-likeness (QED) is 0.624. The number of benzene rings is 3. The third-order valence-electron chi connectivity index (χ3n) is 3.82. The Morgan fingerprint density at radius 2 is 0.700 bits per heavy atom. The summed E-state index contributed by atoms with van der Waals surface area (Å²) in [7, 11) is 0. The van der Waals surface area contributed by atoms with Crippen LogP contribution in [0.5, 0.6) is 0 Å². The molecule has 0 saturated carbocycles. The van der Waals surface area contributed by atoms with Gasteiger partial charge in [0.25, 0.3) is 0 Å². The van der Waals surface area contributed by atoms with Crippen LogP contribution in [0.4, 0.5) is 0 Å². The van der Waals surface area contributed by atoms with E-state index in [4.69, 9.17) is 0 Å². The molecule has 0 saturated heterocycles. The Bertz CT molecular complexity index is 563. The van der Waals surface area contributed by atoms with Crippen LogP contribution in [0.2, 0.25) is 4.87 Å². The fourth-order valence-corrected chi connectivity index (χ4v) is 11.8. The van der Waals surface area contributed by atoms with E-state index in [0.717, 1.165) is 0 Å². The Hall–Kier alpha value is -1.52. The summed E-state index contributed by atoms with van der Waals surface area (Å²) in [6.07, 6.45) is 0. The molecule has 0 radical (unpaired) electrons. The summed E-state index contributed by atoms with van der Waals surface area (Å²) in [5.41, 5.74) is 0. The third-order valence-corrected chi connectivity index (χ3v) is 15.2. The summed E-state index contributed by atoms with van der Waals surface area (Å²) in [5.74, 6) is 0. The van der Waals surface area contributed by atoms with Gasteiger partial charge in [-0.05, 0) is 0 Å². The minimum atomic E-state index is -2.65. The Kier molecular flexibility index (Phi) is 3.94. The predicted octanol–water partition coefficient (Wildman–Crippen LogP) is 2.79. The monoisotopic (exact) mass is 367 g/mol. The van der Waals surface area contributed by atoms with Gasteiger partial charge in [-0.15, -0.1) is 0 Å². The van der Waals surface area contributed by atoms with Crippen molar-refractivity contribution in [3.05, 3.63) is 91.0 Å². The van der Waals surface area contributed by atoms with Crippen LogP contribution in [0.25, 0.3) is 0 Å². The molecule has 0 aliphatic rings. The average Bonchev–Trinajstić information content (AvgIpc) is 2.56. The second kappa shape index (κ2) is 5.85. The van der Waals surface area contributed by atoms with Crippen LogP contribution in [-0.2, 0) is 0 Å². The molecule has 0 aliphatic carbocycles. The van der Waals surface area contributed by atoms with Crippen molar-refractivity contribution in [3.63, 3.8) is 0 Å². The van der Waals surface area contributed by atoms with Crippen molar-refractivity contribution in [3.8, 4) is 0 Å². The first-order chi connectivity index (χ1) is 9.82. The molecule has 0 aromatic heterocycles. The van der Waals surface area contributed by atoms with Crippen molar-refractivity contribution >= 4 is 29.3 Å². The second-order valence-electron chi connectivity index (χ2n) is 5.01. The van der Waals surface area contributed by atoms with Crippen molar-refractivity contribution in [2.75, 3.05) is 0 Å². The van der Waals surface area contributed by atoms with Crippen LogP contribution in [-0.4, -0.2) is 18.8 Å². The third kappa shape index (κ3) is 2.41. The van der Waals surface area contributed by atoms with Gasteiger partial charge in [-0.25, -0.2) is 0 Å². The zero-order chi connectivity index (χ0) is 13.8. The predicted molar refractivity (Wildman–Crippen MR) is 89.8 cm³/mol. The molecular formula is C19H18Sb+. The van der Waals surface area contributed by atoms with Crippen molar-refractivity contribution in [1.82, 2.24) is 0 Å². The molecule has 3 rings (SSSR count). The molecule has 1 heteroatoms. The van der Waals surface area contributed by atoms with Crippen molar-refractivity contribution in [2.45, 2.75) is 4.87 Å². The normalized spacial score (nSPS) is 11.2. The molecule has 0 nitrogen and oxygen atoms in total. The van der Waals surface area contributed by atoms with Crippen LogP contribution in [0.1, 0.15) is 0 Å². The van der Waals surface area contributed by atoms with Crippen molar-refractivity contribution in [2.24, 2.45) is 0 Å². The first-order valence-corrected chi connectivity index (χ1v) is 13.2. The fourth-order valence-electron chi connectivity index (χ4n) is 2.63. The van der Waals surface area contributed by atoms with Crippen molar-refractivity contribution in [1.29, 1.82) is 0 Å². The molecule has 0 heterocycles. The number of hydrogen-bond acceptors (Lipinski definition) is 0. The van der Waals surface area contributed by atoms with E-state index in [-0.39, 0.29) is 0 Å². The molecule has 0 fully saturated rings. The van der Waals surface area contributed by atoms with E-state index in [0.29, 0.717) is 0 Å². The molecule has 0 N–H and O–H groups in total. The molecule has 3 aromatic carbocycles. The van der Waals surface area contributed by atoms with Gasteiger partial charge in [0.2, 0.25) is 0 Å². The van der Waals surface area contributed by atoms with E-state index >= 15 is 0 Å². The standard InChI is InChI=1S/3C6H5.CH3.Sb/c3*1-2-4-6-5-3-1;;/h3*1-5H;1H3;/q;;;;+1. The maximum atomic E-state index is 2.50. The molecule has 0 unspecified atom stereocenters. The average molecular weight is 368 g/mol. The van der Waals surface area contributed by atoms with E-state index in [1.165, 1.54) is 10.5 Å². The van der Waals surface area contributed by atoms with Crippen LogP contribution < -0.4 is 10.5 Å². The zero-order valence-electron chi connectivity index (χ0n) is 11.6. The minimum absolute atomic E-state index is 1.52. The molecule has 3 aromatic rings. The van der Waals surface area contributed by atoms with Crippen molar-refractivity contribution < 1.29 is 0 Å². The number of rotatable bonds is 3. The van der Waals surface area contributed by atoms with Crippen LogP contribution in [0.3, 0.4) is 0 Å². The van der Waals surface area contributed by atoms with E-state index in [9.17, 15) is 0 Å². The summed E-state index contributed by atoms with van der Waals surface area (Å²) in [6, 6.07) is 33.1. The van der Waals surface area contributed by atoms with Gasteiger partial charge in [0, 0.05) is 0 Å². The van der Waals surface area contributed by atoms with E-state index < -0.39 is 18.8 Å². The zero-order valence-corrected chi connectivity index (χ0v) is 14.2. The van der Waals surface area contributed by atoms with Crippen LogP contribution >= 0.6 is 0 Å². The SMILES string of the molecule is [CH3][Sb+]([c]1ccccc1)([c]1ccccc1)[c]1ccccc1. The number of hydrogen-bond donors (Lipinski definition) is 0. The summed E-state index contributed by atoms with van der Waals surface area (Å²) < 4.78 is 4.55. The topological polar surface area (TPSA) is 0 Å². The van der Waals surface area contributed by atoms with E-state index in [1.54, 1.807) is 0 Å². The maximum absolute atomic E-state index is 2.65. The summed E-state index contributed by atoms with van der Waals surface area (Å²) in [6.45, 7) is 0. The van der Waals surface area contributed by atoms with Gasteiger partial charge in [-0.2, -0.15) is 0 Å². The molecule has 0 atom stereocenters. The van der Waals surface area contributed by atoms with Gasteiger partial charge in [-0.3, -0.25) is 0 Å². The first kappa shape index (κ1) is 13.5. The van der Waals surface area contributed by atoms with Gasteiger partial charge in [0.05, 0.1) is 0 Å². The summed E-state index contributed by atoms with van der Waals surface area (Å²) >= 11 is -2.65. The summed E-state index contributed by atoms with van der Waals surface area (Å²) in [4.78, 5) is 2.50. The van der Waals surface area contributed by atoms with Gasteiger partial charge in [0.1, 0.15) is 0 Å². The van der Waals surface area contributed by atoms with Gasteiger partial charge < -0.3 is 0 Å². The van der Waals surface area contributed by atoms with E-state index in [2.05, 4.69) is 95.9 Å². The summed E-state index contributed by atoms with van der Waals surface area (Å²) in [5, 5.41) is 0. The van der Waals surface area contributed by atoms with Gasteiger partial charge in [-0.1, -0.05) is 0 Å². The molecule has 20 heavy (non-hydrogen) atoms. The molecule has 98 valence electrons. The Labute approximate surface area is 125 Å². The van der Waals surface area contributed by atoms with Gasteiger partial charge >= 0.3 is 125 Å². The van der Waals surface area contributed by atoms with E-state index in [1.807, 2.05) is 0 Å². The van der Waals surface area contributed by atoms with Gasteiger partial charge in [0.15, 0.2) is 0 Å². The van der Waals surface area contributed by atoms with Crippen LogP contribution in [0.15, 0.2) is 91.0 Å². The Morgan fingerprint density at radius 3 is 0.950 bits per heavy atom. The molecule has 0 bridgehead atoms. The second-order valence-corrected chi connectivity index (χ2v) is 15.2.